The quantitative estimate of drug-likeness (QED) is 0.551. The molecule has 1 fully saturated rings. The number of para-hydroxylation sites is 1. The van der Waals surface area contributed by atoms with Crippen LogP contribution in [-0.2, 0) is 16.1 Å². The minimum atomic E-state index is -0.718. The van der Waals surface area contributed by atoms with E-state index in [4.69, 9.17) is 0 Å². The topological polar surface area (TPSA) is 64.2 Å². The van der Waals surface area contributed by atoms with Crippen LogP contribution in [0.5, 0.6) is 0 Å². The Balaban J connectivity index is 1.45. The maximum absolute atomic E-state index is 13.4. The molecule has 4 rings (SSSR count). The average Bonchev–Trinajstić information content (AvgIpc) is 3.14. The van der Waals surface area contributed by atoms with E-state index >= 15 is 0 Å². The number of carbonyl (C=O) groups is 3. The third kappa shape index (κ3) is 5.07. The Hall–Kier alpha value is -3.26. The van der Waals surface area contributed by atoms with E-state index in [0.717, 1.165) is 5.56 Å². The van der Waals surface area contributed by atoms with Crippen LogP contribution in [0.4, 0.5) is 10.1 Å². The molecule has 0 saturated carbocycles. The summed E-state index contributed by atoms with van der Waals surface area (Å²) >= 11 is 0. The maximum atomic E-state index is 13.4. The van der Waals surface area contributed by atoms with Crippen molar-refractivity contribution in [3.05, 3.63) is 65.5 Å². The average molecular weight is 481 g/mol. The summed E-state index contributed by atoms with van der Waals surface area (Å²) in [6, 6.07) is 13.4. The number of carbonyl (C=O) groups excluding carboxylic acids is 3. The predicted octanol–water partition coefficient (Wildman–Crippen LogP) is 3.50. The Morgan fingerprint density at radius 2 is 1.77 bits per heavy atom. The van der Waals surface area contributed by atoms with Crippen molar-refractivity contribution in [1.29, 1.82) is 0 Å². The van der Waals surface area contributed by atoms with Gasteiger partial charge in [-0.25, -0.2) is 4.39 Å². The molecule has 2 heterocycles. The van der Waals surface area contributed by atoms with Crippen LogP contribution < -0.4 is 4.90 Å². The summed E-state index contributed by atoms with van der Waals surface area (Å²) in [5.74, 6) is -0.397. The summed E-state index contributed by atoms with van der Waals surface area (Å²) in [5.41, 5.74) is 1.35. The van der Waals surface area contributed by atoms with Gasteiger partial charge in [0.05, 0.1) is 11.3 Å². The highest BCUT2D eigenvalue weighted by Crippen LogP contribution is 2.44. The molecule has 0 bridgehead atoms. The van der Waals surface area contributed by atoms with Crippen LogP contribution >= 0.6 is 0 Å². The molecule has 0 N–H and O–H groups in total. The van der Waals surface area contributed by atoms with Gasteiger partial charge in [-0.15, -0.1) is 0 Å². The molecule has 8 heteroatoms. The molecular formula is C27H33FN4O3. The summed E-state index contributed by atoms with van der Waals surface area (Å²) < 4.78 is 13.3. The number of benzene rings is 2. The molecule has 1 saturated heterocycles. The number of hydrogen-bond donors (Lipinski definition) is 0. The molecule has 1 unspecified atom stereocenters. The Bertz CT molecular complexity index is 1100. The number of likely N-dealkylation sites (N-methyl/N-ethyl adjacent to an activating group) is 1. The molecule has 3 amide bonds. The highest BCUT2D eigenvalue weighted by molar-refractivity contribution is 6.10. The minimum Gasteiger partial charge on any atom is -0.337 e. The van der Waals surface area contributed by atoms with Gasteiger partial charge in [0.1, 0.15) is 11.5 Å². The van der Waals surface area contributed by atoms with Gasteiger partial charge in [0.2, 0.25) is 11.8 Å². The second kappa shape index (κ2) is 10.2. The number of nitrogens with zero attached hydrogens (tertiary/aromatic N) is 4. The zero-order valence-corrected chi connectivity index (χ0v) is 20.7. The number of halogens is 1. The lowest BCUT2D eigenvalue weighted by molar-refractivity contribution is -0.132. The van der Waals surface area contributed by atoms with Gasteiger partial charge >= 0.3 is 0 Å². The fourth-order valence-corrected chi connectivity index (χ4v) is 5.01. The lowest BCUT2D eigenvalue weighted by atomic mass is 9.98. The summed E-state index contributed by atoms with van der Waals surface area (Å²) in [4.78, 5) is 46.6. The molecule has 2 aromatic rings. The monoisotopic (exact) mass is 480 g/mol. The maximum Gasteiger partial charge on any atom is 0.257 e. The van der Waals surface area contributed by atoms with Crippen LogP contribution in [0.3, 0.4) is 0 Å². The largest absolute Gasteiger partial charge is 0.337 e. The van der Waals surface area contributed by atoms with Gasteiger partial charge in [-0.2, -0.15) is 0 Å². The minimum absolute atomic E-state index is 0.00876. The van der Waals surface area contributed by atoms with Crippen molar-refractivity contribution in [3.8, 4) is 0 Å². The van der Waals surface area contributed by atoms with Crippen molar-refractivity contribution < 1.29 is 18.8 Å². The fraction of sp³-hybridized carbons (Fsp3) is 0.444. The Morgan fingerprint density at radius 1 is 1.06 bits per heavy atom. The van der Waals surface area contributed by atoms with Crippen LogP contribution in [0.15, 0.2) is 48.5 Å². The van der Waals surface area contributed by atoms with Crippen LogP contribution in [0, 0.1) is 5.82 Å². The first-order chi connectivity index (χ1) is 16.7. The third-order valence-electron chi connectivity index (χ3n) is 6.97. The highest BCUT2D eigenvalue weighted by Gasteiger charge is 2.52. The molecule has 2 aliphatic heterocycles. The molecule has 2 aliphatic rings. The van der Waals surface area contributed by atoms with Crippen LogP contribution in [0.25, 0.3) is 0 Å². The Morgan fingerprint density at radius 3 is 2.49 bits per heavy atom. The summed E-state index contributed by atoms with van der Waals surface area (Å²) in [5, 5.41) is 0. The first-order valence-electron chi connectivity index (χ1n) is 12.1. The van der Waals surface area contributed by atoms with E-state index in [1.807, 2.05) is 38.1 Å². The molecule has 0 aliphatic carbocycles. The van der Waals surface area contributed by atoms with Crippen molar-refractivity contribution in [2.24, 2.45) is 0 Å². The van der Waals surface area contributed by atoms with Crippen molar-refractivity contribution in [3.63, 3.8) is 0 Å². The lowest BCUT2D eigenvalue weighted by Gasteiger charge is -2.48. The lowest BCUT2D eigenvalue weighted by Crippen LogP contribution is -2.62. The van der Waals surface area contributed by atoms with E-state index in [9.17, 15) is 18.8 Å². The molecule has 35 heavy (non-hydrogen) atoms. The van der Waals surface area contributed by atoms with E-state index in [0.29, 0.717) is 56.7 Å². The summed E-state index contributed by atoms with van der Waals surface area (Å²) in [6.07, 6.45) is 1.74. The Kier molecular flexibility index (Phi) is 7.21. The van der Waals surface area contributed by atoms with Gasteiger partial charge in [0.25, 0.3) is 5.91 Å². The van der Waals surface area contributed by atoms with Gasteiger partial charge < -0.3 is 14.7 Å². The molecule has 7 nitrogen and oxygen atoms in total. The summed E-state index contributed by atoms with van der Waals surface area (Å²) in [6.45, 7) is 3.99. The zero-order chi connectivity index (χ0) is 25.2. The smallest absolute Gasteiger partial charge is 0.257 e. The number of hydrogen-bond acceptors (Lipinski definition) is 4. The Labute approximate surface area is 206 Å². The third-order valence-corrected chi connectivity index (χ3v) is 6.97. The van der Waals surface area contributed by atoms with Crippen LogP contribution in [-0.4, -0.2) is 71.8 Å². The van der Waals surface area contributed by atoms with Gasteiger partial charge in [-0.05, 0) is 63.7 Å². The molecule has 0 spiro atoms. The fourth-order valence-electron chi connectivity index (χ4n) is 5.01. The second-order valence-corrected chi connectivity index (χ2v) is 9.77. The molecular weight excluding hydrogens is 447 g/mol. The standard InChI is InChI=1S/C27H33FN4O3/c1-27-15-14-25(34)32(27)23-8-5-4-7-22(23)26(35)31(27)16-6-9-24(33)30(18-17-29(2)3)19-20-10-12-21(28)13-11-20/h4-5,7-8,10-13H,6,9,14-19H2,1-3H3. The van der Waals surface area contributed by atoms with Gasteiger partial charge in [-0.3, -0.25) is 19.3 Å². The molecule has 0 radical (unpaired) electrons. The molecule has 1 atom stereocenters. The first kappa shape index (κ1) is 24.9. The van der Waals surface area contributed by atoms with Crippen LogP contribution in [0.2, 0.25) is 0 Å². The van der Waals surface area contributed by atoms with Crippen molar-refractivity contribution in [2.45, 2.75) is 44.8 Å². The van der Waals surface area contributed by atoms with Crippen molar-refractivity contribution in [1.82, 2.24) is 14.7 Å². The van der Waals surface area contributed by atoms with Gasteiger partial charge in [0, 0.05) is 39.0 Å². The number of rotatable bonds is 9. The summed E-state index contributed by atoms with van der Waals surface area (Å²) in [7, 11) is 3.91. The van der Waals surface area contributed by atoms with Crippen molar-refractivity contribution in [2.75, 3.05) is 38.6 Å². The number of fused-ring (bicyclic) bond motifs is 3. The van der Waals surface area contributed by atoms with E-state index in [1.54, 1.807) is 39.0 Å². The number of amides is 3. The van der Waals surface area contributed by atoms with E-state index in [2.05, 4.69) is 0 Å². The normalized spacial score (nSPS) is 19.2. The SMILES string of the molecule is CN(C)CCN(Cc1ccc(F)cc1)C(=O)CCCN1C(=O)c2ccccc2N2C(=O)CCC12C. The van der Waals surface area contributed by atoms with E-state index in [1.165, 1.54) is 12.1 Å². The van der Waals surface area contributed by atoms with E-state index in [-0.39, 0.29) is 30.0 Å². The van der Waals surface area contributed by atoms with Gasteiger partial charge in [-0.1, -0.05) is 24.3 Å². The molecule has 2 aromatic carbocycles. The van der Waals surface area contributed by atoms with Gasteiger partial charge in [0.15, 0.2) is 0 Å². The first-order valence-corrected chi connectivity index (χ1v) is 12.1. The predicted molar refractivity (Wildman–Crippen MR) is 132 cm³/mol. The number of anilines is 1. The molecule has 0 aromatic heterocycles. The zero-order valence-electron chi connectivity index (χ0n) is 20.7. The molecule has 186 valence electrons. The highest BCUT2D eigenvalue weighted by atomic mass is 19.1. The van der Waals surface area contributed by atoms with Crippen molar-refractivity contribution >= 4 is 23.4 Å². The van der Waals surface area contributed by atoms with E-state index < -0.39 is 5.66 Å². The van der Waals surface area contributed by atoms with Crippen LogP contribution in [0.1, 0.15) is 48.5 Å². The second-order valence-electron chi connectivity index (χ2n) is 9.77.